The third kappa shape index (κ3) is 4.76. The molecule has 0 unspecified atom stereocenters. The van der Waals surface area contributed by atoms with Crippen LogP contribution >= 0.6 is 0 Å². The average Bonchev–Trinajstić information content (AvgIpc) is 3.18. The van der Waals surface area contributed by atoms with Gasteiger partial charge in [0.2, 0.25) is 0 Å². The van der Waals surface area contributed by atoms with Crippen LogP contribution in [0.25, 0.3) is 0 Å². The Morgan fingerprint density at radius 1 is 1.15 bits per heavy atom. The fraction of sp³-hybridized carbons (Fsp3) is 0.476. The topological polar surface area (TPSA) is 70.2 Å². The van der Waals surface area contributed by atoms with E-state index in [2.05, 4.69) is 64.5 Å². The number of carbonyl (C=O) groups is 1. The number of aromatic nitrogens is 2. The van der Waals surface area contributed by atoms with Crippen molar-refractivity contribution in [1.82, 2.24) is 15.3 Å². The first-order chi connectivity index (χ1) is 13.1. The third-order valence-corrected chi connectivity index (χ3v) is 5.19. The number of rotatable bonds is 7. The van der Waals surface area contributed by atoms with Crippen LogP contribution in [0.15, 0.2) is 30.6 Å². The Hall–Kier alpha value is -2.63. The van der Waals surface area contributed by atoms with Crippen LogP contribution in [0.1, 0.15) is 55.6 Å². The highest BCUT2D eigenvalue weighted by Crippen LogP contribution is 2.25. The molecular formula is C21H29N5O. The Morgan fingerprint density at radius 2 is 1.89 bits per heavy atom. The molecule has 1 heterocycles. The Kier molecular flexibility index (Phi) is 6.27. The molecule has 1 amide bonds. The van der Waals surface area contributed by atoms with Crippen LogP contribution in [-0.2, 0) is 0 Å². The number of hydrogen-bond acceptors (Lipinski definition) is 5. The van der Waals surface area contributed by atoms with E-state index in [9.17, 15) is 4.79 Å². The van der Waals surface area contributed by atoms with E-state index < -0.39 is 0 Å². The van der Waals surface area contributed by atoms with Gasteiger partial charge < -0.3 is 15.5 Å². The molecule has 3 rings (SSSR count). The number of aryl methyl sites for hydroxylation is 1. The van der Waals surface area contributed by atoms with Crippen LogP contribution in [-0.4, -0.2) is 35.0 Å². The van der Waals surface area contributed by atoms with Crippen molar-refractivity contribution >= 4 is 23.1 Å². The van der Waals surface area contributed by atoms with Crippen molar-refractivity contribution in [3.63, 3.8) is 0 Å². The highest BCUT2D eigenvalue weighted by molar-refractivity contribution is 5.93. The largest absolute Gasteiger partial charge is 0.372 e. The Labute approximate surface area is 161 Å². The maximum absolute atomic E-state index is 12.4. The molecule has 1 aliphatic carbocycles. The number of benzene rings is 1. The molecule has 27 heavy (non-hydrogen) atoms. The first-order valence-corrected chi connectivity index (χ1v) is 9.86. The van der Waals surface area contributed by atoms with Crippen molar-refractivity contribution < 1.29 is 4.79 Å². The molecule has 0 bridgehead atoms. The Balaban J connectivity index is 1.71. The fourth-order valence-electron chi connectivity index (χ4n) is 3.59. The van der Waals surface area contributed by atoms with E-state index >= 15 is 0 Å². The zero-order chi connectivity index (χ0) is 19.2. The van der Waals surface area contributed by atoms with Crippen LogP contribution in [0.5, 0.6) is 0 Å². The van der Waals surface area contributed by atoms with Gasteiger partial charge in [0.05, 0.1) is 0 Å². The van der Waals surface area contributed by atoms with Crippen molar-refractivity contribution in [2.45, 2.75) is 52.5 Å². The van der Waals surface area contributed by atoms with Gasteiger partial charge in [-0.05, 0) is 57.4 Å². The van der Waals surface area contributed by atoms with Crippen LogP contribution in [0.3, 0.4) is 0 Å². The SMILES string of the molecule is CCN(CC)c1ccc(Nc2cc(C(=O)NC3CCCC3)ncn2)c(C)c1. The summed E-state index contributed by atoms with van der Waals surface area (Å²) in [6.07, 6.45) is 5.92. The molecule has 0 spiro atoms. The molecule has 1 aliphatic rings. The smallest absolute Gasteiger partial charge is 0.270 e. The van der Waals surface area contributed by atoms with Crippen LogP contribution in [0.4, 0.5) is 17.2 Å². The maximum atomic E-state index is 12.4. The average molecular weight is 367 g/mol. The quantitative estimate of drug-likeness (QED) is 0.773. The summed E-state index contributed by atoms with van der Waals surface area (Å²) in [5.74, 6) is 0.501. The standard InChI is InChI=1S/C21H29N5O/c1-4-26(5-2)17-10-11-18(15(3)12-17)25-20-13-19(22-14-23-20)21(27)24-16-8-6-7-9-16/h10-14,16H,4-9H2,1-3H3,(H,24,27)(H,22,23,25). The maximum Gasteiger partial charge on any atom is 0.270 e. The van der Waals surface area contributed by atoms with Gasteiger partial charge in [0.15, 0.2) is 0 Å². The fourth-order valence-corrected chi connectivity index (χ4v) is 3.59. The molecule has 6 heteroatoms. The summed E-state index contributed by atoms with van der Waals surface area (Å²) < 4.78 is 0. The summed E-state index contributed by atoms with van der Waals surface area (Å²) in [6.45, 7) is 8.35. The Morgan fingerprint density at radius 3 is 2.56 bits per heavy atom. The van der Waals surface area contributed by atoms with Gasteiger partial charge >= 0.3 is 0 Å². The molecule has 0 aliphatic heterocycles. The van der Waals surface area contributed by atoms with Gasteiger partial charge in [0.1, 0.15) is 17.8 Å². The van der Waals surface area contributed by atoms with Gasteiger partial charge in [0, 0.05) is 36.6 Å². The molecule has 144 valence electrons. The van der Waals surface area contributed by atoms with Gasteiger partial charge in [-0.2, -0.15) is 0 Å². The predicted molar refractivity (Wildman–Crippen MR) is 110 cm³/mol. The van der Waals surface area contributed by atoms with Gasteiger partial charge in [0.25, 0.3) is 5.91 Å². The molecule has 6 nitrogen and oxygen atoms in total. The first-order valence-electron chi connectivity index (χ1n) is 9.86. The normalized spacial score (nSPS) is 14.2. The number of nitrogens with zero attached hydrogens (tertiary/aromatic N) is 3. The van der Waals surface area contributed by atoms with Crippen molar-refractivity contribution in [2.75, 3.05) is 23.3 Å². The van der Waals surface area contributed by atoms with Crippen molar-refractivity contribution in [2.24, 2.45) is 0 Å². The minimum absolute atomic E-state index is 0.124. The first kappa shape index (κ1) is 19.1. The summed E-state index contributed by atoms with van der Waals surface area (Å²) in [5, 5.41) is 6.38. The highest BCUT2D eigenvalue weighted by Gasteiger charge is 2.19. The zero-order valence-electron chi connectivity index (χ0n) is 16.5. The van der Waals surface area contributed by atoms with Crippen LogP contribution < -0.4 is 15.5 Å². The van der Waals surface area contributed by atoms with E-state index in [-0.39, 0.29) is 11.9 Å². The van der Waals surface area contributed by atoms with Crippen molar-refractivity contribution in [1.29, 1.82) is 0 Å². The van der Waals surface area contributed by atoms with Gasteiger partial charge in [-0.1, -0.05) is 12.8 Å². The highest BCUT2D eigenvalue weighted by atomic mass is 16.1. The number of nitrogens with one attached hydrogen (secondary N) is 2. The van der Waals surface area contributed by atoms with Crippen LogP contribution in [0, 0.1) is 6.92 Å². The zero-order valence-corrected chi connectivity index (χ0v) is 16.5. The molecule has 1 saturated carbocycles. The lowest BCUT2D eigenvalue weighted by Crippen LogP contribution is -2.33. The molecule has 0 radical (unpaired) electrons. The lowest BCUT2D eigenvalue weighted by Gasteiger charge is -2.22. The minimum atomic E-state index is -0.124. The molecule has 0 saturated heterocycles. The molecule has 0 atom stereocenters. The van der Waals surface area contributed by atoms with Gasteiger partial charge in [-0.3, -0.25) is 4.79 Å². The third-order valence-electron chi connectivity index (χ3n) is 5.19. The molecule has 1 aromatic carbocycles. The number of hydrogen-bond donors (Lipinski definition) is 2. The second-order valence-corrected chi connectivity index (χ2v) is 7.04. The van der Waals surface area contributed by atoms with Crippen LogP contribution in [0.2, 0.25) is 0 Å². The molecule has 1 fully saturated rings. The van der Waals surface area contributed by atoms with E-state index in [1.165, 1.54) is 24.9 Å². The van der Waals surface area contributed by atoms with E-state index in [0.29, 0.717) is 11.5 Å². The second kappa shape index (κ2) is 8.84. The van der Waals surface area contributed by atoms with E-state index in [0.717, 1.165) is 37.2 Å². The molecule has 2 N–H and O–H groups in total. The summed E-state index contributed by atoms with van der Waals surface area (Å²) in [5.41, 5.74) is 3.72. The van der Waals surface area contributed by atoms with E-state index in [1.54, 1.807) is 6.07 Å². The lowest BCUT2D eigenvalue weighted by molar-refractivity contribution is 0.0932. The predicted octanol–water partition coefficient (Wildman–Crippen LogP) is 4.05. The number of amides is 1. The summed E-state index contributed by atoms with van der Waals surface area (Å²) in [4.78, 5) is 23.1. The van der Waals surface area contributed by atoms with Gasteiger partial charge in [-0.15, -0.1) is 0 Å². The lowest BCUT2D eigenvalue weighted by atomic mass is 10.1. The monoisotopic (exact) mass is 367 g/mol. The van der Waals surface area contributed by atoms with E-state index in [1.807, 2.05) is 0 Å². The molecule has 1 aromatic heterocycles. The van der Waals surface area contributed by atoms with Crippen molar-refractivity contribution in [3.05, 3.63) is 41.9 Å². The van der Waals surface area contributed by atoms with Gasteiger partial charge in [-0.25, -0.2) is 9.97 Å². The second-order valence-electron chi connectivity index (χ2n) is 7.04. The van der Waals surface area contributed by atoms with E-state index in [4.69, 9.17) is 0 Å². The number of carbonyl (C=O) groups excluding carboxylic acids is 1. The minimum Gasteiger partial charge on any atom is -0.372 e. The number of anilines is 3. The van der Waals surface area contributed by atoms with Crippen molar-refractivity contribution in [3.8, 4) is 0 Å². The summed E-state index contributed by atoms with van der Waals surface area (Å²) in [6, 6.07) is 8.33. The molecular weight excluding hydrogens is 338 g/mol. The summed E-state index contributed by atoms with van der Waals surface area (Å²) >= 11 is 0. The Bertz CT molecular complexity index is 782. The molecule has 2 aromatic rings. The summed E-state index contributed by atoms with van der Waals surface area (Å²) in [7, 11) is 0.